The Labute approximate surface area is 300 Å². The smallest absolute Gasteiger partial charge is 0.238 e. The van der Waals surface area contributed by atoms with Gasteiger partial charge in [-0.25, -0.2) is 4.98 Å². The van der Waals surface area contributed by atoms with E-state index in [2.05, 4.69) is 0 Å². The first-order valence-electron chi connectivity index (χ1n) is 20.5. The lowest BCUT2D eigenvalue weighted by Gasteiger charge is -2.12. The van der Waals surface area contributed by atoms with Crippen LogP contribution in [0.3, 0.4) is 0 Å². The quantitative estimate of drug-likeness (QED) is 0.186. The number of hydrogen-bond acceptors (Lipinski definition) is 4. The van der Waals surface area contributed by atoms with Gasteiger partial charge in [0.1, 0.15) is 11.2 Å². The molecule has 3 heterocycles. The Bertz CT molecular complexity index is 3350. The number of para-hydroxylation sites is 3. The number of aromatic nitrogens is 4. The van der Waals surface area contributed by atoms with Crippen molar-refractivity contribution in [3.63, 3.8) is 0 Å². The lowest BCUT2D eigenvalue weighted by atomic mass is 10.0. The minimum absolute atomic E-state index is 0.0218. The van der Waals surface area contributed by atoms with Crippen molar-refractivity contribution < 1.29 is 16.8 Å². The maximum Gasteiger partial charge on any atom is 0.238 e. The average Bonchev–Trinajstić information content (AvgIpc) is 3.83. The van der Waals surface area contributed by atoms with Gasteiger partial charge in [-0.05, 0) is 46.5 Å². The van der Waals surface area contributed by atoms with Gasteiger partial charge in [0.25, 0.3) is 0 Å². The van der Waals surface area contributed by atoms with Gasteiger partial charge in [-0.1, -0.05) is 145 Å². The molecule has 5 nitrogen and oxygen atoms in total. The molecule has 7 aromatic carbocycles. The maximum absolute atomic E-state index is 9.20. The van der Waals surface area contributed by atoms with Gasteiger partial charge < -0.3 is 4.42 Å². The van der Waals surface area contributed by atoms with Gasteiger partial charge in [0.15, 0.2) is 11.6 Å². The predicted octanol–water partition coefficient (Wildman–Crippen LogP) is 11.5. The summed E-state index contributed by atoms with van der Waals surface area (Å²) in [6, 6.07) is 32.1. The molecule has 234 valence electrons. The van der Waals surface area contributed by atoms with E-state index in [-0.39, 0.29) is 51.7 Å². The van der Waals surface area contributed by atoms with Crippen LogP contribution in [-0.2, 0) is 0 Å². The monoisotopic (exact) mass is 649 g/mol. The summed E-state index contributed by atoms with van der Waals surface area (Å²) in [5.74, 6) is 0.531. The largest absolute Gasteiger partial charge is 0.455 e. The number of fused-ring (bicyclic) bond motifs is 6. The van der Waals surface area contributed by atoms with Crippen LogP contribution in [0.15, 0.2) is 174 Å². The highest BCUT2D eigenvalue weighted by Crippen LogP contribution is 2.38. The Balaban J connectivity index is 1.30. The molecule has 0 radical (unpaired) electrons. The summed E-state index contributed by atoms with van der Waals surface area (Å²) in [4.78, 5) is 15.0. The molecule has 10 aromatic rings. The molecule has 0 spiro atoms. The minimum atomic E-state index is -0.524. The van der Waals surface area contributed by atoms with Crippen LogP contribution in [0.4, 0.5) is 0 Å². The number of furan rings is 1. The SMILES string of the molecule is [2H]c1c([2H])c([2H])c(-c2ccc3c4c([2H])c([2H])c([2H])c([2H])c4n(-c4nc(-c5ccc(-c6ccccc6)cc5)nc(-c5cccc6c5oc5ccccc56)n4)c3c2)c([2H])c1[2H]. The van der Waals surface area contributed by atoms with Gasteiger partial charge in [-0.2, -0.15) is 9.97 Å². The van der Waals surface area contributed by atoms with E-state index >= 15 is 0 Å². The van der Waals surface area contributed by atoms with Gasteiger partial charge in [0.05, 0.1) is 28.9 Å². The Morgan fingerprint density at radius 3 is 2.04 bits per heavy atom. The third-order valence-electron chi connectivity index (χ3n) is 8.91. The molecule has 0 aliphatic carbocycles. The summed E-state index contributed by atoms with van der Waals surface area (Å²) in [5.41, 5.74) is 5.09. The van der Waals surface area contributed by atoms with Gasteiger partial charge in [-0.3, -0.25) is 4.57 Å². The first-order chi connectivity index (χ1) is 28.5. The molecule has 0 aliphatic heterocycles. The third-order valence-corrected chi connectivity index (χ3v) is 8.91. The van der Waals surface area contributed by atoms with E-state index in [4.69, 9.17) is 30.3 Å². The molecule has 10 rings (SSSR count). The fourth-order valence-electron chi connectivity index (χ4n) is 6.55. The van der Waals surface area contributed by atoms with Crippen LogP contribution in [0.2, 0.25) is 0 Å². The van der Waals surface area contributed by atoms with Crippen molar-refractivity contribution in [1.82, 2.24) is 19.5 Å². The van der Waals surface area contributed by atoms with Crippen LogP contribution < -0.4 is 0 Å². The van der Waals surface area contributed by atoms with Crippen LogP contribution in [0.25, 0.3) is 94.7 Å². The Hall–Kier alpha value is -6.85. The van der Waals surface area contributed by atoms with E-state index in [1.807, 2.05) is 97.1 Å². The minimum Gasteiger partial charge on any atom is -0.455 e. The number of rotatable bonds is 5. The number of benzene rings is 7. The molecule has 0 fully saturated rings. The van der Waals surface area contributed by atoms with E-state index in [0.29, 0.717) is 33.2 Å². The molecule has 50 heavy (non-hydrogen) atoms. The zero-order chi connectivity index (χ0) is 40.9. The highest BCUT2D eigenvalue weighted by Gasteiger charge is 2.20. The summed E-state index contributed by atoms with van der Waals surface area (Å²) in [7, 11) is 0. The average molecular weight is 650 g/mol. The lowest BCUT2D eigenvalue weighted by Crippen LogP contribution is -2.06. The van der Waals surface area contributed by atoms with Gasteiger partial charge in [-0.15, -0.1) is 0 Å². The Kier molecular flexibility index (Phi) is 4.67. The molecule has 0 saturated heterocycles. The van der Waals surface area contributed by atoms with Crippen LogP contribution in [-0.4, -0.2) is 19.5 Å². The highest BCUT2D eigenvalue weighted by molar-refractivity contribution is 6.11. The molecule has 0 unspecified atom stereocenters. The van der Waals surface area contributed by atoms with Gasteiger partial charge in [0, 0.05) is 27.1 Å². The number of hydrogen-bond donors (Lipinski definition) is 0. The van der Waals surface area contributed by atoms with Crippen molar-refractivity contribution in [2.75, 3.05) is 0 Å². The highest BCUT2D eigenvalue weighted by atomic mass is 16.3. The normalized spacial score (nSPS) is 14.1. The standard InChI is InChI=1S/C45H28N4O/c1-3-12-29(13-4-1)31-22-24-32(25-23-31)43-46-44(38-19-11-18-37-36-17-8-10-21-41(36)50-42(37)38)48-45(47-43)49-39-20-9-7-16-34(39)35-27-26-33(28-40(35)49)30-14-5-2-6-15-30/h1-28H/i2D,5D,6D,7D,9D,14D,15D,16D,20D. The maximum atomic E-state index is 9.20. The van der Waals surface area contributed by atoms with Gasteiger partial charge >= 0.3 is 0 Å². The van der Waals surface area contributed by atoms with Crippen molar-refractivity contribution in [2.24, 2.45) is 0 Å². The Morgan fingerprint density at radius 1 is 0.460 bits per heavy atom. The summed E-state index contributed by atoms with van der Waals surface area (Å²) < 4.78 is 85.8. The van der Waals surface area contributed by atoms with Crippen LogP contribution >= 0.6 is 0 Å². The fraction of sp³-hybridized carbons (Fsp3) is 0. The third kappa shape index (κ3) is 4.60. The van der Waals surface area contributed by atoms with Crippen molar-refractivity contribution >= 4 is 43.7 Å². The van der Waals surface area contributed by atoms with Crippen molar-refractivity contribution in [3.05, 3.63) is 170 Å². The van der Waals surface area contributed by atoms with E-state index in [9.17, 15) is 1.37 Å². The predicted molar refractivity (Wildman–Crippen MR) is 203 cm³/mol. The van der Waals surface area contributed by atoms with Crippen molar-refractivity contribution in [1.29, 1.82) is 0 Å². The van der Waals surface area contributed by atoms with Crippen LogP contribution in [0.1, 0.15) is 12.3 Å². The molecule has 3 aromatic heterocycles. The summed E-state index contributed by atoms with van der Waals surface area (Å²) in [6.07, 6.45) is 0. The molecule has 0 atom stereocenters. The lowest BCUT2D eigenvalue weighted by molar-refractivity contribution is 0.669. The summed E-state index contributed by atoms with van der Waals surface area (Å²) >= 11 is 0. The summed E-state index contributed by atoms with van der Waals surface area (Å²) in [5, 5.41) is 2.38. The van der Waals surface area contributed by atoms with E-state index in [1.165, 1.54) is 4.57 Å². The molecule has 0 aliphatic rings. The zero-order valence-electron chi connectivity index (χ0n) is 35.2. The molecular formula is C45H28N4O. The zero-order valence-corrected chi connectivity index (χ0v) is 26.2. The second-order valence-electron chi connectivity index (χ2n) is 11.8. The molecule has 0 saturated carbocycles. The van der Waals surface area contributed by atoms with Crippen LogP contribution in [0, 0.1) is 0 Å². The topological polar surface area (TPSA) is 56.7 Å². The van der Waals surface area contributed by atoms with Crippen molar-refractivity contribution in [3.8, 4) is 51.0 Å². The van der Waals surface area contributed by atoms with Gasteiger partial charge in [0.2, 0.25) is 5.95 Å². The van der Waals surface area contributed by atoms with Crippen molar-refractivity contribution in [2.45, 2.75) is 0 Å². The first-order valence-corrected chi connectivity index (χ1v) is 16.0. The molecule has 0 N–H and O–H groups in total. The Morgan fingerprint density at radius 2 is 1.16 bits per heavy atom. The molecular weight excluding hydrogens is 613 g/mol. The summed E-state index contributed by atoms with van der Waals surface area (Å²) in [6.45, 7) is 0. The second-order valence-corrected chi connectivity index (χ2v) is 11.8. The first kappa shape index (κ1) is 20.5. The fourth-order valence-corrected chi connectivity index (χ4v) is 6.55. The molecule has 0 amide bonds. The van der Waals surface area contributed by atoms with E-state index in [0.717, 1.165) is 21.9 Å². The van der Waals surface area contributed by atoms with E-state index in [1.54, 1.807) is 18.2 Å². The molecule has 0 bridgehead atoms. The van der Waals surface area contributed by atoms with Crippen LogP contribution in [0.5, 0.6) is 0 Å². The molecule has 5 heteroatoms. The van der Waals surface area contributed by atoms with E-state index < -0.39 is 42.3 Å². The number of nitrogens with zero attached hydrogens (tertiary/aromatic N) is 4. The second kappa shape index (κ2) is 11.4.